The summed E-state index contributed by atoms with van der Waals surface area (Å²) in [5.41, 5.74) is 1.94. The molecule has 1 unspecified atom stereocenters. The van der Waals surface area contributed by atoms with Gasteiger partial charge in [0.15, 0.2) is 0 Å². The zero-order chi connectivity index (χ0) is 15.4. The lowest BCUT2D eigenvalue weighted by Gasteiger charge is -2.14. The highest BCUT2D eigenvalue weighted by molar-refractivity contribution is 6.30. The van der Waals surface area contributed by atoms with Crippen LogP contribution in [0.15, 0.2) is 54.7 Å². The van der Waals surface area contributed by atoms with Crippen LogP contribution in [0.5, 0.6) is 0 Å². The Hall–Kier alpha value is -2.17. The molecule has 0 saturated heterocycles. The number of hydrogen-bond acceptors (Lipinski definition) is 4. The van der Waals surface area contributed by atoms with Gasteiger partial charge in [0.2, 0.25) is 0 Å². The number of rotatable bonds is 4. The molecule has 21 heavy (non-hydrogen) atoms. The second-order valence-electron chi connectivity index (χ2n) is 4.39. The highest BCUT2D eigenvalue weighted by Crippen LogP contribution is 2.30. The molecule has 1 aromatic heterocycles. The second-order valence-corrected chi connectivity index (χ2v) is 4.75. The lowest BCUT2D eigenvalue weighted by atomic mass is 10.0. The van der Waals surface area contributed by atoms with E-state index in [1.165, 1.54) is 7.11 Å². The number of aliphatic hydroxyl groups is 1. The minimum absolute atomic E-state index is 0.0913. The van der Waals surface area contributed by atoms with E-state index in [0.717, 1.165) is 11.1 Å². The van der Waals surface area contributed by atoms with Crippen molar-refractivity contribution in [2.45, 2.75) is 6.10 Å². The number of hydrogen-bond donors (Lipinski definition) is 1. The first-order chi connectivity index (χ1) is 10.0. The first-order valence-electron chi connectivity index (χ1n) is 6.20. The van der Waals surface area contributed by atoms with Gasteiger partial charge in [0, 0.05) is 17.3 Å². The lowest BCUT2D eigenvalue weighted by Crippen LogP contribution is -2.12. The van der Waals surface area contributed by atoms with Gasteiger partial charge in [-0.1, -0.05) is 48.5 Å². The van der Waals surface area contributed by atoms with Crippen molar-refractivity contribution in [3.63, 3.8) is 0 Å². The standard InChI is InChI=1S/C16H14ClNO3/c1-10(16(20)21-2)14(19)13-8-12(9-18-15(13)17)11-6-4-3-5-7-11/h3-9,14,19H,1H2,2H3. The van der Waals surface area contributed by atoms with Crippen LogP contribution in [0.2, 0.25) is 5.15 Å². The topological polar surface area (TPSA) is 59.4 Å². The molecule has 0 spiro atoms. The summed E-state index contributed by atoms with van der Waals surface area (Å²) in [5.74, 6) is -0.691. The number of carbonyl (C=O) groups excluding carboxylic acids is 1. The third-order valence-corrected chi connectivity index (χ3v) is 3.36. The molecule has 1 atom stereocenters. The molecule has 0 radical (unpaired) electrons. The zero-order valence-corrected chi connectivity index (χ0v) is 12.2. The smallest absolute Gasteiger partial charge is 0.336 e. The van der Waals surface area contributed by atoms with Gasteiger partial charge in [-0.25, -0.2) is 9.78 Å². The van der Waals surface area contributed by atoms with E-state index >= 15 is 0 Å². The van der Waals surface area contributed by atoms with Gasteiger partial charge in [0.25, 0.3) is 0 Å². The number of carbonyl (C=O) groups is 1. The summed E-state index contributed by atoms with van der Waals surface area (Å²) in [4.78, 5) is 15.5. The maximum absolute atomic E-state index is 11.4. The molecule has 0 aliphatic heterocycles. The summed E-state index contributed by atoms with van der Waals surface area (Å²) in [5, 5.41) is 10.3. The molecule has 0 fully saturated rings. The van der Waals surface area contributed by atoms with Crippen molar-refractivity contribution in [1.29, 1.82) is 0 Å². The van der Waals surface area contributed by atoms with E-state index in [9.17, 15) is 9.90 Å². The number of halogens is 1. The molecule has 2 rings (SSSR count). The molecule has 0 aliphatic carbocycles. The summed E-state index contributed by atoms with van der Waals surface area (Å²) >= 11 is 6.01. The molecule has 108 valence electrons. The second kappa shape index (κ2) is 6.52. The largest absolute Gasteiger partial charge is 0.466 e. The van der Waals surface area contributed by atoms with Crippen molar-refractivity contribution in [2.24, 2.45) is 0 Å². The average molecular weight is 304 g/mol. The van der Waals surface area contributed by atoms with Gasteiger partial charge in [0.05, 0.1) is 12.7 Å². The molecular weight excluding hydrogens is 290 g/mol. The number of esters is 1. The van der Waals surface area contributed by atoms with E-state index in [4.69, 9.17) is 11.6 Å². The number of aromatic nitrogens is 1. The molecular formula is C16H14ClNO3. The van der Waals surface area contributed by atoms with Gasteiger partial charge in [-0.3, -0.25) is 0 Å². The molecule has 1 N–H and O–H groups in total. The molecule has 0 amide bonds. The maximum atomic E-state index is 11.4. The summed E-state index contributed by atoms with van der Waals surface area (Å²) in [6, 6.07) is 11.2. The number of ether oxygens (including phenoxy) is 1. The van der Waals surface area contributed by atoms with Crippen LogP contribution in [0.25, 0.3) is 11.1 Å². The van der Waals surface area contributed by atoms with Crippen molar-refractivity contribution >= 4 is 17.6 Å². The van der Waals surface area contributed by atoms with E-state index in [1.807, 2.05) is 30.3 Å². The van der Waals surface area contributed by atoms with Crippen LogP contribution in [0.4, 0.5) is 0 Å². The predicted molar refractivity (Wildman–Crippen MR) is 80.8 cm³/mol. The average Bonchev–Trinajstić information content (AvgIpc) is 2.54. The van der Waals surface area contributed by atoms with Gasteiger partial charge < -0.3 is 9.84 Å². The van der Waals surface area contributed by atoms with Crippen molar-refractivity contribution in [3.05, 3.63) is 65.5 Å². The van der Waals surface area contributed by atoms with Gasteiger partial charge in [-0.2, -0.15) is 0 Å². The van der Waals surface area contributed by atoms with E-state index in [-0.39, 0.29) is 10.7 Å². The van der Waals surface area contributed by atoms with Gasteiger partial charge >= 0.3 is 5.97 Å². The highest BCUT2D eigenvalue weighted by atomic mass is 35.5. The first-order valence-corrected chi connectivity index (χ1v) is 6.58. The lowest BCUT2D eigenvalue weighted by molar-refractivity contribution is -0.137. The van der Waals surface area contributed by atoms with Crippen molar-refractivity contribution in [2.75, 3.05) is 7.11 Å². The maximum Gasteiger partial charge on any atom is 0.336 e. The SMILES string of the molecule is C=C(C(=O)OC)C(O)c1cc(-c2ccccc2)cnc1Cl. The van der Waals surface area contributed by atoms with Crippen molar-refractivity contribution < 1.29 is 14.6 Å². The third kappa shape index (κ3) is 3.29. The Bertz CT molecular complexity index is 670. The monoisotopic (exact) mass is 303 g/mol. The van der Waals surface area contributed by atoms with Crippen LogP contribution in [0, 0.1) is 0 Å². The summed E-state index contributed by atoms with van der Waals surface area (Å²) in [6.07, 6.45) is 0.343. The van der Waals surface area contributed by atoms with Crippen LogP contribution in [-0.2, 0) is 9.53 Å². The Morgan fingerprint density at radius 2 is 2.00 bits per heavy atom. The van der Waals surface area contributed by atoms with E-state index in [1.54, 1.807) is 12.3 Å². The van der Waals surface area contributed by atoms with Crippen LogP contribution >= 0.6 is 11.6 Å². The molecule has 0 aliphatic rings. The number of benzene rings is 1. The zero-order valence-electron chi connectivity index (χ0n) is 11.4. The molecule has 0 bridgehead atoms. The molecule has 2 aromatic rings. The third-order valence-electron chi connectivity index (χ3n) is 3.05. The molecule has 4 nitrogen and oxygen atoms in total. The van der Waals surface area contributed by atoms with E-state index in [0.29, 0.717) is 5.56 Å². The van der Waals surface area contributed by atoms with Crippen molar-refractivity contribution in [3.8, 4) is 11.1 Å². The van der Waals surface area contributed by atoms with Crippen LogP contribution in [-0.4, -0.2) is 23.2 Å². The Labute approximate surface area is 127 Å². The highest BCUT2D eigenvalue weighted by Gasteiger charge is 2.22. The Kier molecular flexibility index (Phi) is 4.73. The van der Waals surface area contributed by atoms with Gasteiger partial charge in [-0.15, -0.1) is 0 Å². The van der Waals surface area contributed by atoms with Crippen LogP contribution in [0.1, 0.15) is 11.7 Å². The molecule has 1 heterocycles. The summed E-state index contributed by atoms with van der Waals surface area (Å²) in [6.45, 7) is 3.53. The molecule has 1 aromatic carbocycles. The summed E-state index contributed by atoms with van der Waals surface area (Å²) in [7, 11) is 1.22. The Morgan fingerprint density at radius 1 is 1.33 bits per heavy atom. The Balaban J connectivity index is 2.40. The minimum Gasteiger partial charge on any atom is -0.466 e. The number of aliphatic hydroxyl groups excluding tert-OH is 1. The van der Waals surface area contributed by atoms with Crippen LogP contribution < -0.4 is 0 Å². The quantitative estimate of drug-likeness (QED) is 0.535. The van der Waals surface area contributed by atoms with Gasteiger partial charge in [0.1, 0.15) is 11.3 Å². The van der Waals surface area contributed by atoms with Crippen molar-refractivity contribution in [1.82, 2.24) is 4.98 Å². The van der Waals surface area contributed by atoms with E-state index in [2.05, 4.69) is 16.3 Å². The number of pyridine rings is 1. The fraction of sp³-hybridized carbons (Fsp3) is 0.125. The number of nitrogens with zero attached hydrogens (tertiary/aromatic N) is 1. The van der Waals surface area contributed by atoms with Gasteiger partial charge in [-0.05, 0) is 11.6 Å². The van der Waals surface area contributed by atoms with Crippen LogP contribution in [0.3, 0.4) is 0 Å². The molecule has 0 saturated carbocycles. The fourth-order valence-corrected chi connectivity index (χ4v) is 2.08. The minimum atomic E-state index is -1.26. The predicted octanol–water partition coefficient (Wildman–Crippen LogP) is 3.16. The summed E-state index contributed by atoms with van der Waals surface area (Å²) < 4.78 is 4.55. The normalized spacial score (nSPS) is 11.8. The van der Waals surface area contributed by atoms with E-state index < -0.39 is 12.1 Å². The number of methoxy groups -OCH3 is 1. The Morgan fingerprint density at radius 3 is 2.62 bits per heavy atom. The first kappa shape index (κ1) is 15.2. The fourth-order valence-electron chi connectivity index (χ4n) is 1.88. The molecule has 5 heteroatoms.